The number of aromatic nitrogens is 1. The van der Waals surface area contributed by atoms with Gasteiger partial charge in [0.2, 0.25) is 0 Å². The zero-order valence-electron chi connectivity index (χ0n) is 16.0. The van der Waals surface area contributed by atoms with E-state index in [1.807, 2.05) is 14.0 Å². The lowest BCUT2D eigenvalue weighted by atomic mass is 10.0. The largest absolute Gasteiger partial charge is 0.477 e. The molecule has 1 unspecified atom stereocenters. The summed E-state index contributed by atoms with van der Waals surface area (Å²) in [7, 11) is 1.92. The Kier molecular flexibility index (Phi) is 5.68. The number of nitrogens with one attached hydrogen (secondary N) is 1. The number of pyridine rings is 1. The number of anilines is 1. The molecule has 6 nitrogen and oxygen atoms in total. The summed E-state index contributed by atoms with van der Waals surface area (Å²) >= 11 is 0. The summed E-state index contributed by atoms with van der Waals surface area (Å²) in [6.45, 7) is 4.27. The number of hydrogen-bond acceptors (Lipinski definition) is 4. The average Bonchev–Trinajstić information content (AvgIpc) is 3.35. The van der Waals surface area contributed by atoms with E-state index in [0.29, 0.717) is 22.5 Å². The quantitative estimate of drug-likeness (QED) is 0.794. The summed E-state index contributed by atoms with van der Waals surface area (Å²) in [6.07, 6.45) is 2.68. The fraction of sp³-hybridized carbons (Fsp3) is 0.500. The molecule has 2 aliphatic rings. The Morgan fingerprint density at radius 1 is 1.32 bits per heavy atom. The number of rotatable bonds is 5. The van der Waals surface area contributed by atoms with Crippen LogP contribution in [0.15, 0.2) is 16.9 Å². The third-order valence-corrected chi connectivity index (χ3v) is 5.72. The molecule has 152 valence electrons. The second kappa shape index (κ2) is 7.72. The molecule has 28 heavy (non-hydrogen) atoms. The van der Waals surface area contributed by atoms with E-state index in [0.717, 1.165) is 44.5 Å². The van der Waals surface area contributed by atoms with Crippen LogP contribution in [-0.4, -0.2) is 42.3 Å². The number of aromatic carboxylic acids is 1. The summed E-state index contributed by atoms with van der Waals surface area (Å²) in [5.41, 5.74) is 1.14. The van der Waals surface area contributed by atoms with Crippen molar-refractivity contribution in [2.75, 3.05) is 31.6 Å². The van der Waals surface area contributed by atoms with Gasteiger partial charge in [-0.3, -0.25) is 4.79 Å². The molecule has 4 rings (SSSR count). The van der Waals surface area contributed by atoms with E-state index in [1.165, 1.54) is 12.1 Å². The molecule has 8 heteroatoms. The number of benzene rings is 1. The Labute approximate surface area is 168 Å². The van der Waals surface area contributed by atoms with Crippen LogP contribution in [0.2, 0.25) is 0 Å². The standard InChI is InChI=1S/C20H24FN3O3.ClH/c1-11-17-13(7-15(20(26)27)19(25)24(17)14-3-4-14)8-16(21)18(11)23-6-5-12(10-23)9-22-2;/h7-8,12,14,22H,3-6,9-10H2,1-2H3,(H,26,27);1H. The molecular formula is C20H25ClFN3O3. The minimum atomic E-state index is -1.27. The van der Waals surface area contributed by atoms with E-state index in [4.69, 9.17) is 0 Å². The SMILES string of the molecule is CNCC1CCN(c2c(F)cc3cc(C(=O)O)c(=O)n(C4CC4)c3c2C)C1.Cl. The highest BCUT2D eigenvalue weighted by atomic mass is 35.5. The summed E-state index contributed by atoms with van der Waals surface area (Å²) in [6, 6.07) is 2.70. The summed E-state index contributed by atoms with van der Waals surface area (Å²) < 4.78 is 16.6. The molecule has 1 saturated carbocycles. The van der Waals surface area contributed by atoms with Crippen molar-refractivity contribution in [2.45, 2.75) is 32.2 Å². The molecule has 2 aromatic rings. The van der Waals surface area contributed by atoms with Gasteiger partial charge in [0.1, 0.15) is 11.4 Å². The van der Waals surface area contributed by atoms with Crippen LogP contribution >= 0.6 is 12.4 Å². The normalized spacial score (nSPS) is 19.1. The van der Waals surface area contributed by atoms with Crippen molar-refractivity contribution in [1.29, 1.82) is 0 Å². The molecule has 2 fully saturated rings. The summed E-state index contributed by atoms with van der Waals surface area (Å²) in [4.78, 5) is 26.3. The lowest BCUT2D eigenvalue weighted by molar-refractivity contribution is 0.0694. The molecule has 1 saturated heterocycles. The van der Waals surface area contributed by atoms with Crippen LogP contribution in [0.1, 0.15) is 41.2 Å². The second-order valence-electron chi connectivity index (χ2n) is 7.70. The van der Waals surface area contributed by atoms with Crippen LogP contribution in [0, 0.1) is 18.7 Å². The number of carbonyl (C=O) groups is 1. The minimum absolute atomic E-state index is 0. The highest BCUT2D eigenvalue weighted by molar-refractivity contribution is 5.95. The van der Waals surface area contributed by atoms with E-state index in [2.05, 4.69) is 10.2 Å². The van der Waals surface area contributed by atoms with Crippen LogP contribution in [-0.2, 0) is 0 Å². The number of aryl methyl sites for hydroxylation is 1. The fourth-order valence-corrected chi connectivity index (χ4v) is 4.37. The number of halogens is 2. The van der Waals surface area contributed by atoms with E-state index in [-0.39, 0.29) is 29.8 Å². The molecule has 2 heterocycles. The average molecular weight is 410 g/mol. The molecule has 0 bridgehead atoms. The zero-order chi connectivity index (χ0) is 19.3. The van der Waals surface area contributed by atoms with Crippen LogP contribution in [0.3, 0.4) is 0 Å². The van der Waals surface area contributed by atoms with Crippen molar-refractivity contribution in [3.05, 3.63) is 39.4 Å². The Morgan fingerprint density at radius 3 is 2.64 bits per heavy atom. The van der Waals surface area contributed by atoms with Crippen molar-refractivity contribution in [3.63, 3.8) is 0 Å². The van der Waals surface area contributed by atoms with Gasteiger partial charge in [0.05, 0.1) is 11.2 Å². The first-order chi connectivity index (χ1) is 12.9. The van der Waals surface area contributed by atoms with Gasteiger partial charge in [-0.25, -0.2) is 9.18 Å². The number of carboxylic acid groups (broad SMARTS) is 1. The number of hydrogen-bond donors (Lipinski definition) is 2. The lowest BCUT2D eigenvalue weighted by Gasteiger charge is -2.24. The van der Waals surface area contributed by atoms with Gasteiger partial charge < -0.3 is 19.9 Å². The Bertz CT molecular complexity index is 987. The number of carboxylic acids is 1. The molecule has 1 aromatic carbocycles. The summed E-state index contributed by atoms with van der Waals surface area (Å²) in [5, 5.41) is 13.0. The Morgan fingerprint density at radius 2 is 2.04 bits per heavy atom. The lowest BCUT2D eigenvalue weighted by Crippen LogP contribution is -2.28. The van der Waals surface area contributed by atoms with Crippen molar-refractivity contribution in [3.8, 4) is 0 Å². The smallest absolute Gasteiger partial charge is 0.341 e. The third kappa shape index (κ3) is 3.37. The molecule has 1 aliphatic heterocycles. The molecule has 1 atom stereocenters. The zero-order valence-corrected chi connectivity index (χ0v) is 16.8. The van der Waals surface area contributed by atoms with Gasteiger partial charge in [-0.2, -0.15) is 0 Å². The molecule has 1 aliphatic carbocycles. The Balaban J connectivity index is 0.00000225. The highest BCUT2D eigenvalue weighted by Gasteiger charge is 2.32. The van der Waals surface area contributed by atoms with E-state index in [1.54, 1.807) is 4.57 Å². The van der Waals surface area contributed by atoms with Crippen LogP contribution < -0.4 is 15.8 Å². The minimum Gasteiger partial charge on any atom is -0.477 e. The van der Waals surface area contributed by atoms with Crippen molar-refractivity contribution >= 4 is 35.0 Å². The maximum Gasteiger partial charge on any atom is 0.341 e. The van der Waals surface area contributed by atoms with Gasteiger partial charge in [0.15, 0.2) is 0 Å². The van der Waals surface area contributed by atoms with E-state index < -0.39 is 11.5 Å². The molecular weight excluding hydrogens is 385 g/mol. The van der Waals surface area contributed by atoms with Gasteiger partial charge in [-0.05, 0) is 63.4 Å². The van der Waals surface area contributed by atoms with Crippen LogP contribution in [0.5, 0.6) is 0 Å². The molecule has 0 radical (unpaired) electrons. The molecule has 2 N–H and O–H groups in total. The van der Waals surface area contributed by atoms with Crippen LogP contribution in [0.25, 0.3) is 10.9 Å². The monoisotopic (exact) mass is 409 g/mol. The topological polar surface area (TPSA) is 74.6 Å². The number of fused-ring (bicyclic) bond motifs is 1. The molecule has 0 amide bonds. The van der Waals surface area contributed by atoms with Gasteiger partial charge in [0, 0.05) is 24.5 Å². The molecule has 1 aromatic heterocycles. The third-order valence-electron chi connectivity index (χ3n) is 5.72. The van der Waals surface area contributed by atoms with Crippen LogP contribution in [0.4, 0.5) is 10.1 Å². The van der Waals surface area contributed by atoms with Crippen molar-refractivity contribution in [1.82, 2.24) is 9.88 Å². The molecule has 0 spiro atoms. The fourth-order valence-electron chi connectivity index (χ4n) is 4.37. The van der Waals surface area contributed by atoms with Crippen molar-refractivity contribution in [2.24, 2.45) is 5.92 Å². The maximum absolute atomic E-state index is 15.0. The van der Waals surface area contributed by atoms with E-state index >= 15 is 4.39 Å². The first kappa shape index (κ1) is 20.6. The van der Waals surface area contributed by atoms with Gasteiger partial charge >= 0.3 is 5.97 Å². The van der Waals surface area contributed by atoms with Gasteiger partial charge in [-0.15, -0.1) is 12.4 Å². The first-order valence-electron chi connectivity index (χ1n) is 9.43. The predicted octanol–water partition coefficient (Wildman–Crippen LogP) is 2.95. The van der Waals surface area contributed by atoms with E-state index in [9.17, 15) is 14.7 Å². The highest BCUT2D eigenvalue weighted by Crippen LogP contribution is 2.40. The number of nitrogens with zero attached hydrogens (tertiary/aromatic N) is 2. The van der Waals surface area contributed by atoms with Gasteiger partial charge in [0.25, 0.3) is 5.56 Å². The summed E-state index contributed by atoms with van der Waals surface area (Å²) in [5.74, 6) is -1.17. The predicted molar refractivity (Wildman–Crippen MR) is 110 cm³/mol. The second-order valence-corrected chi connectivity index (χ2v) is 7.70. The Hall–Kier alpha value is -2.12. The maximum atomic E-state index is 15.0. The first-order valence-corrected chi connectivity index (χ1v) is 9.43. The van der Waals surface area contributed by atoms with Crippen molar-refractivity contribution < 1.29 is 14.3 Å². The van der Waals surface area contributed by atoms with Gasteiger partial charge in [-0.1, -0.05) is 0 Å².